The van der Waals surface area contributed by atoms with Gasteiger partial charge in [0, 0.05) is 19.3 Å². The monoisotopic (exact) mass is 927 g/mol. The molecule has 0 aromatic carbocycles. The van der Waals surface area contributed by atoms with Gasteiger partial charge in [0.25, 0.3) is 0 Å². The summed E-state index contributed by atoms with van der Waals surface area (Å²) in [4.78, 5) is 37.9. The van der Waals surface area contributed by atoms with Crippen molar-refractivity contribution in [3.8, 4) is 0 Å². The predicted octanol–water partition coefficient (Wildman–Crippen LogP) is 19.3. The Kier molecular flexibility index (Phi) is 53.2. The Morgan fingerprint density at radius 3 is 0.848 bits per heavy atom. The molecular weight excluding hydrogens is 817 g/mol. The second-order valence-electron chi connectivity index (χ2n) is 19.6. The minimum absolute atomic E-state index is 0.0681. The van der Waals surface area contributed by atoms with Gasteiger partial charge in [-0.05, 0) is 57.8 Å². The third kappa shape index (κ3) is 52.6. The van der Waals surface area contributed by atoms with E-state index in [1.54, 1.807) is 0 Å². The van der Waals surface area contributed by atoms with Crippen molar-refractivity contribution in [3.05, 3.63) is 36.5 Å². The van der Waals surface area contributed by atoms with Crippen LogP contribution in [-0.4, -0.2) is 37.2 Å². The maximum atomic E-state index is 12.8. The average molecular weight is 928 g/mol. The first kappa shape index (κ1) is 63.6. The van der Waals surface area contributed by atoms with Gasteiger partial charge >= 0.3 is 17.9 Å². The van der Waals surface area contributed by atoms with Gasteiger partial charge in [-0.15, -0.1) is 0 Å². The van der Waals surface area contributed by atoms with E-state index >= 15 is 0 Å². The minimum Gasteiger partial charge on any atom is -0.462 e. The van der Waals surface area contributed by atoms with Crippen molar-refractivity contribution in [3.63, 3.8) is 0 Å². The molecule has 0 aliphatic heterocycles. The fourth-order valence-electron chi connectivity index (χ4n) is 8.51. The Labute approximate surface area is 410 Å². The van der Waals surface area contributed by atoms with E-state index in [4.69, 9.17) is 14.2 Å². The summed E-state index contributed by atoms with van der Waals surface area (Å²) in [7, 11) is 0. The maximum absolute atomic E-state index is 12.8. The SMILES string of the molecule is CCCCCCC/C=C\C/C=C\C/C=C\CCCCCCCCCCCCCCC(=O)OCC(COC(=O)CCCCCCCCCC)OC(=O)CCCCCCCCCCCCCCC. The van der Waals surface area contributed by atoms with E-state index in [-0.39, 0.29) is 31.1 Å². The van der Waals surface area contributed by atoms with E-state index in [2.05, 4.69) is 57.2 Å². The Hall–Kier alpha value is -2.37. The Balaban J connectivity index is 4.10. The highest BCUT2D eigenvalue weighted by atomic mass is 16.6. The lowest BCUT2D eigenvalue weighted by atomic mass is 10.0. The third-order valence-corrected chi connectivity index (χ3v) is 12.9. The molecule has 0 spiro atoms. The number of hydrogen-bond acceptors (Lipinski definition) is 6. The van der Waals surface area contributed by atoms with Crippen molar-refractivity contribution < 1.29 is 28.6 Å². The van der Waals surface area contributed by atoms with E-state index < -0.39 is 6.10 Å². The van der Waals surface area contributed by atoms with Crippen LogP contribution in [0.5, 0.6) is 0 Å². The molecule has 0 aliphatic rings. The van der Waals surface area contributed by atoms with Crippen LogP contribution in [0, 0.1) is 0 Å². The molecule has 0 radical (unpaired) electrons. The number of allylic oxidation sites excluding steroid dienone is 6. The van der Waals surface area contributed by atoms with Crippen molar-refractivity contribution in [1.82, 2.24) is 0 Å². The summed E-state index contributed by atoms with van der Waals surface area (Å²) in [5, 5.41) is 0. The Morgan fingerprint density at radius 2 is 0.545 bits per heavy atom. The minimum atomic E-state index is -0.766. The smallest absolute Gasteiger partial charge is 0.306 e. The number of unbranched alkanes of at least 4 members (excludes halogenated alkanes) is 36. The summed E-state index contributed by atoms with van der Waals surface area (Å²) >= 11 is 0. The van der Waals surface area contributed by atoms with Gasteiger partial charge in [-0.2, -0.15) is 0 Å². The van der Waals surface area contributed by atoms with Gasteiger partial charge in [-0.3, -0.25) is 14.4 Å². The fourth-order valence-corrected chi connectivity index (χ4v) is 8.51. The molecule has 0 saturated heterocycles. The molecule has 0 saturated carbocycles. The van der Waals surface area contributed by atoms with Gasteiger partial charge in [-0.1, -0.05) is 269 Å². The van der Waals surface area contributed by atoms with Crippen LogP contribution >= 0.6 is 0 Å². The molecule has 6 nitrogen and oxygen atoms in total. The van der Waals surface area contributed by atoms with Gasteiger partial charge in [0.05, 0.1) is 0 Å². The molecule has 6 heteroatoms. The maximum Gasteiger partial charge on any atom is 0.306 e. The van der Waals surface area contributed by atoms with Crippen molar-refractivity contribution in [1.29, 1.82) is 0 Å². The highest BCUT2D eigenvalue weighted by molar-refractivity contribution is 5.71. The van der Waals surface area contributed by atoms with Crippen molar-refractivity contribution in [2.75, 3.05) is 13.2 Å². The lowest BCUT2D eigenvalue weighted by Crippen LogP contribution is -2.30. The van der Waals surface area contributed by atoms with Crippen molar-refractivity contribution in [2.45, 2.75) is 316 Å². The van der Waals surface area contributed by atoms with E-state index in [0.29, 0.717) is 19.3 Å². The summed E-state index contributed by atoms with van der Waals surface area (Å²) in [6.45, 7) is 6.63. The molecule has 0 aromatic heterocycles. The molecule has 0 bridgehead atoms. The van der Waals surface area contributed by atoms with Gasteiger partial charge in [0.2, 0.25) is 0 Å². The second kappa shape index (κ2) is 55.2. The first-order valence-electron chi connectivity index (χ1n) is 29.0. The van der Waals surface area contributed by atoms with E-state index in [0.717, 1.165) is 70.6 Å². The number of ether oxygens (including phenoxy) is 3. The summed E-state index contributed by atoms with van der Waals surface area (Å²) in [6, 6.07) is 0. The topological polar surface area (TPSA) is 78.9 Å². The molecule has 386 valence electrons. The fraction of sp³-hybridized carbons (Fsp3) is 0.850. The molecule has 0 N–H and O–H groups in total. The van der Waals surface area contributed by atoms with E-state index in [9.17, 15) is 14.4 Å². The van der Waals surface area contributed by atoms with Gasteiger partial charge < -0.3 is 14.2 Å². The van der Waals surface area contributed by atoms with E-state index in [1.165, 1.54) is 199 Å². The number of carbonyl (C=O) groups excluding carboxylic acids is 3. The summed E-state index contributed by atoms with van der Waals surface area (Å²) in [5.74, 6) is -0.859. The molecular formula is C60H110O6. The van der Waals surface area contributed by atoms with Crippen LogP contribution in [0.1, 0.15) is 310 Å². The Morgan fingerprint density at radius 1 is 0.303 bits per heavy atom. The summed E-state index contributed by atoms with van der Waals surface area (Å²) in [5.41, 5.74) is 0. The number of esters is 3. The van der Waals surface area contributed by atoms with Crippen LogP contribution < -0.4 is 0 Å². The molecule has 66 heavy (non-hydrogen) atoms. The van der Waals surface area contributed by atoms with Gasteiger partial charge in [0.1, 0.15) is 13.2 Å². The van der Waals surface area contributed by atoms with E-state index in [1.807, 2.05) is 0 Å². The molecule has 0 heterocycles. The summed E-state index contributed by atoms with van der Waals surface area (Å²) in [6.07, 6.45) is 65.8. The lowest BCUT2D eigenvalue weighted by Gasteiger charge is -2.18. The predicted molar refractivity (Wildman–Crippen MR) is 284 cm³/mol. The van der Waals surface area contributed by atoms with Gasteiger partial charge in [0.15, 0.2) is 6.10 Å². The number of hydrogen-bond donors (Lipinski definition) is 0. The standard InChI is InChI=1S/C60H110O6/c1-4-7-10-13-16-19-21-23-24-25-26-27-28-29-30-31-32-33-34-35-36-38-39-41-44-47-50-53-59(62)65-56-57(55-64-58(61)52-49-46-43-18-15-12-9-6-3)66-60(63)54-51-48-45-42-40-37-22-20-17-14-11-8-5-2/h21,23,25-26,28-29,57H,4-20,22,24,27,30-56H2,1-3H3/b23-21-,26-25-,29-28-. The molecule has 0 aliphatic carbocycles. The zero-order valence-electron chi connectivity index (χ0n) is 44.2. The number of rotatable bonds is 53. The highest BCUT2D eigenvalue weighted by Gasteiger charge is 2.19. The van der Waals surface area contributed by atoms with Gasteiger partial charge in [-0.25, -0.2) is 0 Å². The quantitative estimate of drug-likeness (QED) is 0.0262. The average Bonchev–Trinajstić information content (AvgIpc) is 3.31. The van der Waals surface area contributed by atoms with Crippen LogP contribution in [0.3, 0.4) is 0 Å². The molecule has 0 amide bonds. The zero-order chi connectivity index (χ0) is 47.9. The lowest BCUT2D eigenvalue weighted by molar-refractivity contribution is -0.167. The largest absolute Gasteiger partial charge is 0.462 e. The van der Waals surface area contributed by atoms with Crippen LogP contribution in [0.15, 0.2) is 36.5 Å². The molecule has 1 atom stereocenters. The number of carbonyl (C=O) groups is 3. The van der Waals surface area contributed by atoms with Crippen LogP contribution in [-0.2, 0) is 28.6 Å². The summed E-state index contributed by atoms with van der Waals surface area (Å²) < 4.78 is 16.8. The molecule has 0 rings (SSSR count). The molecule has 0 aromatic rings. The van der Waals surface area contributed by atoms with Crippen LogP contribution in [0.4, 0.5) is 0 Å². The zero-order valence-corrected chi connectivity index (χ0v) is 44.2. The van der Waals surface area contributed by atoms with Crippen LogP contribution in [0.25, 0.3) is 0 Å². The van der Waals surface area contributed by atoms with Crippen LogP contribution in [0.2, 0.25) is 0 Å². The van der Waals surface area contributed by atoms with Crippen molar-refractivity contribution >= 4 is 17.9 Å². The highest BCUT2D eigenvalue weighted by Crippen LogP contribution is 2.16. The Bertz CT molecular complexity index is 1110. The first-order chi connectivity index (χ1) is 32.5. The van der Waals surface area contributed by atoms with Crippen molar-refractivity contribution in [2.24, 2.45) is 0 Å². The molecule has 0 fully saturated rings. The first-order valence-corrected chi connectivity index (χ1v) is 29.0. The molecule has 1 unspecified atom stereocenters. The normalized spacial score (nSPS) is 12.2. The third-order valence-electron chi connectivity index (χ3n) is 12.9. The second-order valence-corrected chi connectivity index (χ2v) is 19.6.